The van der Waals surface area contributed by atoms with Gasteiger partial charge in [-0.05, 0) is 52.1 Å². The van der Waals surface area contributed by atoms with Gasteiger partial charge in [-0.2, -0.15) is 0 Å². The van der Waals surface area contributed by atoms with Crippen molar-refractivity contribution in [1.82, 2.24) is 4.72 Å². The molecule has 2 atom stereocenters. The topological polar surface area (TPSA) is 46.2 Å². The summed E-state index contributed by atoms with van der Waals surface area (Å²) < 4.78 is 28.8. The van der Waals surface area contributed by atoms with Gasteiger partial charge in [0.15, 0.2) is 0 Å². The van der Waals surface area contributed by atoms with E-state index in [0.717, 1.165) is 19.3 Å². The molecule has 6 heteroatoms. The smallest absolute Gasteiger partial charge is 0.207 e. The van der Waals surface area contributed by atoms with Crippen LogP contribution in [0.5, 0.6) is 0 Å². The van der Waals surface area contributed by atoms with Crippen molar-refractivity contribution in [1.29, 1.82) is 0 Å². The third kappa shape index (κ3) is 3.60. The Morgan fingerprint density at radius 1 is 1.37 bits per heavy atom. The number of rotatable bonds is 4. The molecule has 1 heterocycles. The van der Waals surface area contributed by atoms with Crippen LogP contribution in [0.3, 0.4) is 0 Å². The molecule has 1 saturated carbocycles. The van der Waals surface area contributed by atoms with Crippen molar-refractivity contribution in [2.24, 2.45) is 11.8 Å². The molecule has 0 radical (unpaired) electrons. The van der Waals surface area contributed by atoms with Crippen LogP contribution < -0.4 is 4.72 Å². The van der Waals surface area contributed by atoms with Gasteiger partial charge in [-0.3, -0.25) is 0 Å². The SMILES string of the molecule is CC(C)C1CCCCC1NS(=O)(=O)c1sccc1Br. The van der Waals surface area contributed by atoms with Gasteiger partial charge in [-0.1, -0.05) is 26.7 Å². The third-order valence-electron chi connectivity index (χ3n) is 3.81. The lowest BCUT2D eigenvalue weighted by Gasteiger charge is -2.34. The van der Waals surface area contributed by atoms with E-state index in [2.05, 4.69) is 34.5 Å². The molecule has 0 aliphatic heterocycles. The van der Waals surface area contributed by atoms with Crippen LogP contribution >= 0.6 is 27.3 Å². The zero-order chi connectivity index (χ0) is 14.0. The molecule has 3 nitrogen and oxygen atoms in total. The van der Waals surface area contributed by atoms with Crippen LogP contribution in [-0.2, 0) is 10.0 Å². The second-order valence-electron chi connectivity index (χ2n) is 5.48. The number of sulfonamides is 1. The summed E-state index contributed by atoms with van der Waals surface area (Å²) in [5.74, 6) is 0.960. The van der Waals surface area contributed by atoms with Crippen molar-refractivity contribution in [3.05, 3.63) is 15.9 Å². The molecule has 0 saturated heterocycles. The van der Waals surface area contributed by atoms with E-state index < -0.39 is 10.0 Å². The minimum atomic E-state index is -3.39. The van der Waals surface area contributed by atoms with E-state index in [1.165, 1.54) is 17.8 Å². The Bertz CT molecular complexity index is 525. The number of thiophene rings is 1. The standard InChI is InChI=1S/C13H20BrNO2S2/c1-9(2)10-5-3-4-6-12(10)15-19(16,17)13-11(14)7-8-18-13/h7-10,12,15H,3-6H2,1-2H3. The lowest BCUT2D eigenvalue weighted by Crippen LogP contribution is -2.43. The summed E-state index contributed by atoms with van der Waals surface area (Å²) in [6.45, 7) is 4.36. The molecule has 0 amide bonds. The summed E-state index contributed by atoms with van der Waals surface area (Å²) in [4.78, 5) is 0. The van der Waals surface area contributed by atoms with Crippen LogP contribution in [0, 0.1) is 11.8 Å². The average molecular weight is 366 g/mol. The molecule has 1 aromatic rings. The Morgan fingerprint density at radius 3 is 2.63 bits per heavy atom. The van der Waals surface area contributed by atoms with Gasteiger partial charge in [0, 0.05) is 10.5 Å². The first-order chi connectivity index (χ1) is 8.92. The van der Waals surface area contributed by atoms with Gasteiger partial charge in [0.05, 0.1) is 0 Å². The highest BCUT2D eigenvalue weighted by Gasteiger charge is 2.32. The largest absolute Gasteiger partial charge is 0.251 e. The molecule has 0 aromatic carbocycles. The molecule has 1 aliphatic carbocycles. The first kappa shape index (κ1) is 15.5. The van der Waals surface area contributed by atoms with Crippen molar-refractivity contribution >= 4 is 37.3 Å². The molecule has 108 valence electrons. The highest BCUT2D eigenvalue weighted by molar-refractivity contribution is 9.10. The van der Waals surface area contributed by atoms with E-state index in [1.54, 1.807) is 11.4 Å². The Hall–Kier alpha value is 0.0900. The van der Waals surface area contributed by atoms with Gasteiger partial charge in [0.1, 0.15) is 4.21 Å². The number of halogens is 1. The first-order valence-electron chi connectivity index (χ1n) is 6.67. The monoisotopic (exact) mass is 365 g/mol. The number of hydrogen-bond donors (Lipinski definition) is 1. The van der Waals surface area contributed by atoms with Crippen LogP contribution in [0.25, 0.3) is 0 Å². The van der Waals surface area contributed by atoms with E-state index >= 15 is 0 Å². The highest BCUT2D eigenvalue weighted by Crippen LogP contribution is 2.33. The summed E-state index contributed by atoms with van der Waals surface area (Å²) in [5.41, 5.74) is 0. The molecule has 19 heavy (non-hydrogen) atoms. The summed E-state index contributed by atoms with van der Waals surface area (Å²) in [5, 5.41) is 1.79. The number of nitrogens with one attached hydrogen (secondary N) is 1. The zero-order valence-electron chi connectivity index (χ0n) is 11.2. The lowest BCUT2D eigenvalue weighted by molar-refractivity contribution is 0.226. The van der Waals surface area contributed by atoms with Crippen molar-refractivity contribution < 1.29 is 8.42 Å². The Morgan fingerprint density at radius 2 is 2.05 bits per heavy atom. The first-order valence-corrected chi connectivity index (χ1v) is 9.82. The van der Waals surface area contributed by atoms with Gasteiger partial charge in [0.25, 0.3) is 10.0 Å². The molecular formula is C13H20BrNO2S2. The molecular weight excluding hydrogens is 346 g/mol. The van der Waals surface area contributed by atoms with E-state index in [0.29, 0.717) is 20.5 Å². The molecule has 2 unspecified atom stereocenters. The summed E-state index contributed by atoms with van der Waals surface area (Å²) >= 11 is 4.56. The molecule has 1 fully saturated rings. The van der Waals surface area contributed by atoms with Crippen LogP contribution in [0.4, 0.5) is 0 Å². The summed E-state index contributed by atoms with van der Waals surface area (Å²) in [7, 11) is -3.39. The van der Waals surface area contributed by atoms with Crippen molar-refractivity contribution in [3.8, 4) is 0 Å². The molecule has 1 N–H and O–H groups in total. The maximum atomic E-state index is 12.4. The summed E-state index contributed by atoms with van der Waals surface area (Å²) in [6, 6.07) is 1.85. The predicted octanol–water partition coefficient (Wildman–Crippen LogP) is 4.00. The average Bonchev–Trinajstić information content (AvgIpc) is 2.76. The van der Waals surface area contributed by atoms with Gasteiger partial charge >= 0.3 is 0 Å². The second-order valence-corrected chi connectivity index (χ2v) is 9.16. The van der Waals surface area contributed by atoms with Gasteiger partial charge in [0.2, 0.25) is 0 Å². The quantitative estimate of drug-likeness (QED) is 0.875. The Kier molecular flexibility index (Phi) is 5.09. The van der Waals surface area contributed by atoms with Gasteiger partial charge < -0.3 is 0 Å². The normalized spacial score (nSPS) is 24.8. The lowest BCUT2D eigenvalue weighted by atomic mass is 9.78. The fourth-order valence-corrected chi connectivity index (χ4v) is 6.50. The molecule has 2 rings (SSSR count). The Labute approximate surface area is 128 Å². The minimum absolute atomic E-state index is 0.0766. The van der Waals surface area contributed by atoms with E-state index in [1.807, 2.05) is 0 Å². The molecule has 1 aromatic heterocycles. The van der Waals surface area contributed by atoms with Gasteiger partial charge in [-0.15, -0.1) is 11.3 Å². The van der Waals surface area contributed by atoms with E-state index in [-0.39, 0.29) is 6.04 Å². The second kappa shape index (κ2) is 6.24. The van der Waals surface area contributed by atoms with Crippen molar-refractivity contribution in [2.75, 3.05) is 0 Å². The predicted molar refractivity (Wildman–Crippen MR) is 82.9 cm³/mol. The fraction of sp³-hybridized carbons (Fsp3) is 0.692. The van der Waals surface area contributed by atoms with Crippen molar-refractivity contribution in [3.63, 3.8) is 0 Å². The van der Waals surface area contributed by atoms with E-state index in [9.17, 15) is 8.42 Å². The van der Waals surface area contributed by atoms with Crippen LogP contribution in [0.15, 0.2) is 20.1 Å². The highest BCUT2D eigenvalue weighted by atomic mass is 79.9. The molecule has 1 aliphatic rings. The van der Waals surface area contributed by atoms with Crippen LogP contribution in [0.1, 0.15) is 39.5 Å². The number of hydrogen-bond acceptors (Lipinski definition) is 3. The van der Waals surface area contributed by atoms with Crippen molar-refractivity contribution in [2.45, 2.75) is 49.8 Å². The Balaban J connectivity index is 2.17. The summed E-state index contributed by atoms with van der Waals surface area (Å²) in [6.07, 6.45) is 4.40. The fourth-order valence-electron chi connectivity index (χ4n) is 2.83. The minimum Gasteiger partial charge on any atom is -0.207 e. The third-order valence-corrected chi connectivity index (χ3v) is 7.97. The maximum absolute atomic E-state index is 12.4. The zero-order valence-corrected chi connectivity index (χ0v) is 14.4. The van der Waals surface area contributed by atoms with E-state index in [4.69, 9.17) is 0 Å². The van der Waals surface area contributed by atoms with Crippen LogP contribution in [-0.4, -0.2) is 14.5 Å². The maximum Gasteiger partial charge on any atom is 0.251 e. The van der Waals surface area contributed by atoms with Crippen LogP contribution in [0.2, 0.25) is 0 Å². The van der Waals surface area contributed by atoms with Gasteiger partial charge in [-0.25, -0.2) is 13.1 Å². The molecule has 0 spiro atoms. The molecule has 0 bridgehead atoms.